The van der Waals surface area contributed by atoms with Crippen molar-refractivity contribution in [2.24, 2.45) is 7.05 Å². The Balaban J connectivity index is 2.64. The zero-order chi connectivity index (χ0) is 9.84. The second-order valence-electron chi connectivity index (χ2n) is 3.52. The highest BCUT2D eigenvalue weighted by molar-refractivity contribution is 5.19. The molecule has 0 saturated heterocycles. The van der Waals surface area contributed by atoms with Gasteiger partial charge in [-0.1, -0.05) is 6.92 Å². The molecule has 13 heavy (non-hydrogen) atoms. The van der Waals surface area contributed by atoms with Gasteiger partial charge in [-0.2, -0.15) is 5.10 Å². The van der Waals surface area contributed by atoms with Crippen LogP contribution in [0.4, 0.5) is 0 Å². The molecular formula is C10H19N3. The lowest BCUT2D eigenvalue weighted by molar-refractivity contribution is 0.568. The van der Waals surface area contributed by atoms with Gasteiger partial charge in [0.05, 0.1) is 5.69 Å². The van der Waals surface area contributed by atoms with Gasteiger partial charge in [-0.3, -0.25) is 4.68 Å². The summed E-state index contributed by atoms with van der Waals surface area (Å²) in [4.78, 5) is 0. The van der Waals surface area contributed by atoms with Crippen molar-refractivity contribution in [1.82, 2.24) is 15.1 Å². The Morgan fingerprint density at radius 1 is 1.62 bits per heavy atom. The summed E-state index contributed by atoms with van der Waals surface area (Å²) in [6.45, 7) is 7.48. The standard InChI is InChI=1S/C10H19N3/c1-5-6-11-8(2)10-7-13(4)12-9(10)3/h7-8,11H,5-6H2,1-4H3. The molecule has 1 atom stereocenters. The Kier molecular flexibility index (Phi) is 3.48. The summed E-state index contributed by atoms with van der Waals surface area (Å²) in [5.74, 6) is 0. The number of nitrogens with one attached hydrogen (secondary N) is 1. The third-order valence-electron chi connectivity index (χ3n) is 2.22. The number of aryl methyl sites for hydroxylation is 2. The molecule has 0 aliphatic rings. The lowest BCUT2D eigenvalue weighted by Crippen LogP contribution is -2.19. The minimum atomic E-state index is 0.411. The Morgan fingerprint density at radius 2 is 2.31 bits per heavy atom. The van der Waals surface area contributed by atoms with Gasteiger partial charge in [0.25, 0.3) is 0 Å². The minimum Gasteiger partial charge on any atom is -0.310 e. The van der Waals surface area contributed by atoms with E-state index in [1.54, 1.807) is 0 Å². The fourth-order valence-electron chi connectivity index (χ4n) is 1.51. The molecule has 0 aliphatic carbocycles. The van der Waals surface area contributed by atoms with Gasteiger partial charge in [0.2, 0.25) is 0 Å². The Hall–Kier alpha value is -0.830. The van der Waals surface area contributed by atoms with Gasteiger partial charge in [-0.05, 0) is 26.8 Å². The second kappa shape index (κ2) is 4.42. The molecule has 0 amide bonds. The summed E-state index contributed by atoms with van der Waals surface area (Å²) in [6.07, 6.45) is 3.26. The first kappa shape index (κ1) is 10.3. The Labute approximate surface area is 80.1 Å². The zero-order valence-corrected chi connectivity index (χ0v) is 8.96. The van der Waals surface area contributed by atoms with E-state index in [4.69, 9.17) is 0 Å². The summed E-state index contributed by atoms with van der Waals surface area (Å²) in [6, 6.07) is 0.411. The number of nitrogens with zero attached hydrogens (tertiary/aromatic N) is 2. The van der Waals surface area contributed by atoms with E-state index < -0.39 is 0 Å². The fourth-order valence-corrected chi connectivity index (χ4v) is 1.51. The molecule has 1 aromatic heterocycles. The van der Waals surface area contributed by atoms with Gasteiger partial charge < -0.3 is 5.32 Å². The zero-order valence-electron chi connectivity index (χ0n) is 8.96. The van der Waals surface area contributed by atoms with E-state index in [1.807, 2.05) is 11.7 Å². The first-order valence-corrected chi connectivity index (χ1v) is 4.88. The molecule has 3 heteroatoms. The van der Waals surface area contributed by atoms with Crippen LogP contribution in [0.1, 0.15) is 37.6 Å². The van der Waals surface area contributed by atoms with Gasteiger partial charge in [-0.15, -0.1) is 0 Å². The van der Waals surface area contributed by atoms with E-state index in [0.29, 0.717) is 6.04 Å². The van der Waals surface area contributed by atoms with Crippen LogP contribution in [0, 0.1) is 6.92 Å². The molecule has 0 radical (unpaired) electrons. The van der Waals surface area contributed by atoms with Crippen molar-refractivity contribution >= 4 is 0 Å². The third-order valence-corrected chi connectivity index (χ3v) is 2.22. The Morgan fingerprint density at radius 3 is 2.77 bits per heavy atom. The predicted molar refractivity (Wildman–Crippen MR) is 54.7 cm³/mol. The second-order valence-corrected chi connectivity index (χ2v) is 3.52. The van der Waals surface area contributed by atoms with Crippen LogP contribution in [0.15, 0.2) is 6.20 Å². The van der Waals surface area contributed by atoms with Crippen LogP contribution in [-0.4, -0.2) is 16.3 Å². The monoisotopic (exact) mass is 181 g/mol. The lowest BCUT2D eigenvalue weighted by Gasteiger charge is -2.11. The molecule has 0 saturated carbocycles. The molecule has 1 rings (SSSR count). The molecule has 0 aliphatic heterocycles. The summed E-state index contributed by atoms with van der Waals surface area (Å²) < 4.78 is 1.87. The van der Waals surface area contributed by atoms with Gasteiger partial charge in [-0.25, -0.2) is 0 Å². The molecule has 1 unspecified atom stereocenters. The minimum absolute atomic E-state index is 0.411. The number of rotatable bonds is 4. The normalized spacial score (nSPS) is 13.2. The lowest BCUT2D eigenvalue weighted by atomic mass is 10.1. The van der Waals surface area contributed by atoms with Crippen LogP contribution in [0.25, 0.3) is 0 Å². The summed E-state index contributed by atoms with van der Waals surface area (Å²) in [5, 5.41) is 7.77. The maximum Gasteiger partial charge on any atom is 0.0641 e. The molecular weight excluding hydrogens is 162 g/mol. The van der Waals surface area contributed by atoms with Crippen LogP contribution in [0.5, 0.6) is 0 Å². The number of hydrogen-bond donors (Lipinski definition) is 1. The molecule has 0 bridgehead atoms. The van der Waals surface area contributed by atoms with E-state index in [1.165, 1.54) is 12.0 Å². The van der Waals surface area contributed by atoms with Crippen LogP contribution in [0.3, 0.4) is 0 Å². The molecule has 1 N–H and O–H groups in total. The first-order chi connectivity index (χ1) is 6.15. The third kappa shape index (κ3) is 2.56. The first-order valence-electron chi connectivity index (χ1n) is 4.88. The topological polar surface area (TPSA) is 29.9 Å². The van der Waals surface area contributed by atoms with Gasteiger partial charge >= 0.3 is 0 Å². The quantitative estimate of drug-likeness (QED) is 0.767. The van der Waals surface area contributed by atoms with Crippen molar-refractivity contribution in [2.45, 2.75) is 33.2 Å². The van der Waals surface area contributed by atoms with Crippen LogP contribution >= 0.6 is 0 Å². The fraction of sp³-hybridized carbons (Fsp3) is 0.700. The predicted octanol–water partition coefficient (Wildman–Crippen LogP) is 1.79. The molecule has 74 valence electrons. The van der Waals surface area contributed by atoms with E-state index >= 15 is 0 Å². The summed E-state index contributed by atoms with van der Waals surface area (Å²) in [7, 11) is 1.96. The SMILES string of the molecule is CCCNC(C)c1cn(C)nc1C. The van der Waals surface area contributed by atoms with Gasteiger partial charge in [0.1, 0.15) is 0 Å². The van der Waals surface area contributed by atoms with E-state index in [-0.39, 0.29) is 0 Å². The van der Waals surface area contributed by atoms with Gasteiger partial charge in [0, 0.05) is 24.8 Å². The van der Waals surface area contributed by atoms with Crippen LogP contribution in [0.2, 0.25) is 0 Å². The molecule has 0 fully saturated rings. The molecule has 0 spiro atoms. The number of aromatic nitrogens is 2. The molecule has 1 heterocycles. The van der Waals surface area contributed by atoms with Crippen molar-refractivity contribution in [1.29, 1.82) is 0 Å². The molecule has 1 aromatic rings. The van der Waals surface area contributed by atoms with Crippen LogP contribution in [-0.2, 0) is 7.05 Å². The molecule has 3 nitrogen and oxygen atoms in total. The highest BCUT2D eigenvalue weighted by atomic mass is 15.3. The summed E-state index contributed by atoms with van der Waals surface area (Å²) >= 11 is 0. The Bertz CT molecular complexity index is 265. The maximum atomic E-state index is 4.32. The van der Waals surface area contributed by atoms with Crippen molar-refractivity contribution in [3.8, 4) is 0 Å². The largest absolute Gasteiger partial charge is 0.310 e. The average molecular weight is 181 g/mol. The van der Waals surface area contributed by atoms with Crippen LogP contribution < -0.4 is 5.32 Å². The smallest absolute Gasteiger partial charge is 0.0641 e. The van der Waals surface area contributed by atoms with Crippen molar-refractivity contribution < 1.29 is 0 Å². The van der Waals surface area contributed by atoms with Crippen molar-refractivity contribution in [3.63, 3.8) is 0 Å². The average Bonchev–Trinajstić information content (AvgIpc) is 2.41. The maximum absolute atomic E-state index is 4.32. The molecule has 0 aromatic carbocycles. The van der Waals surface area contributed by atoms with Crippen molar-refractivity contribution in [3.05, 3.63) is 17.5 Å². The van der Waals surface area contributed by atoms with Gasteiger partial charge in [0.15, 0.2) is 0 Å². The highest BCUT2D eigenvalue weighted by Gasteiger charge is 2.09. The van der Waals surface area contributed by atoms with E-state index in [0.717, 1.165) is 12.2 Å². The van der Waals surface area contributed by atoms with E-state index in [2.05, 4.69) is 37.4 Å². The number of hydrogen-bond acceptors (Lipinski definition) is 2. The van der Waals surface area contributed by atoms with Crippen molar-refractivity contribution in [2.75, 3.05) is 6.54 Å². The highest BCUT2D eigenvalue weighted by Crippen LogP contribution is 2.14. The van der Waals surface area contributed by atoms with E-state index in [9.17, 15) is 0 Å². The summed E-state index contributed by atoms with van der Waals surface area (Å²) in [5.41, 5.74) is 2.43.